The highest BCUT2D eigenvalue weighted by molar-refractivity contribution is 6.32. The molecule has 1 nitrogen and oxygen atoms in total. The third-order valence-electron chi connectivity index (χ3n) is 3.30. The first kappa shape index (κ1) is 14.2. The van der Waals surface area contributed by atoms with Crippen LogP contribution in [0, 0.1) is 20.8 Å². The SMILES string of the molecule is Cc1ccc(C)c(Oc2cccc(Cl)c2CCl)c1C. The highest BCUT2D eigenvalue weighted by Gasteiger charge is 2.12. The van der Waals surface area contributed by atoms with Gasteiger partial charge in [0.15, 0.2) is 0 Å². The van der Waals surface area contributed by atoms with Crippen LogP contribution in [-0.4, -0.2) is 0 Å². The molecule has 0 bridgehead atoms. The van der Waals surface area contributed by atoms with Crippen molar-refractivity contribution in [3.63, 3.8) is 0 Å². The first-order valence-electron chi connectivity index (χ1n) is 6.12. The van der Waals surface area contributed by atoms with E-state index in [0.29, 0.717) is 10.9 Å². The lowest BCUT2D eigenvalue weighted by atomic mass is 10.1. The van der Waals surface area contributed by atoms with Gasteiger partial charge in [-0.15, -0.1) is 11.6 Å². The van der Waals surface area contributed by atoms with E-state index in [4.69, 9.17) is 27.9 Å². The Kier molecular flexibility index (Phi) is 4.38. The van der Waals surface area contributed by atoms with Crippen molar-refractivity contribution >= 4 is 23.2 Å². The van der Waals surface area contributed by atoms with Crippen LogP contribution in [0.5, 0.6) is 11.5 Å². The molecule has 2 aromatic carbocycles. The van der Waals surface area contributed by atoms with Gasteiger partial charge in [-0.25, -0.2) is 0 Å². The lowest BCUT2D eigenvalue weighted by molar-refractivity contribution is 0.470. The summed E-state index contributed by atoms with van der Waals surface area (Å²) in [5.41, 5.74) is 4.27. The summed E-state index contributed by atoms with van der Waals surface area (Å²) in [7, 11) is 0. The molecule has 0 aliphatic carbocycles. The Morgan fingerprint density at radius 1 is 1.00 bits per heavy atom. The van der Waals surface area contributed by atoms with Crippen LogP contribution in [0.3, 0.4) is 0 Å². The summed E-state index contributed by atoms with van der Waals surface area (Å²) < 4.78 is 6.05. The van der Waals surface area contributed by atoms with E-state index in [-0.39, 0.29) is 0 Å². The number of rotatable bonds is 3. The van der Waals surface area contributed by atoms with E-state index in [1.54, 1.807) is 0 Å². The molecule has 19 heavy (non-hydrogen) atoms. The Labute approximate surface area is 124 Å². The van der Waals surface area contributed by atoms with E-state index >= 15 is 0 Å². The lowest BCUT2D eigenvalue weighted by Crippen LogP contribution is -1.96. The van der Waals surface area contributed by atoms with E-state index in [1.807, 2.05) is 25.1 Å². The standard InChI is InChI=1S/C16H16Cl2O/c1-10-7-8-11(2)16(12(10)3)19-15-6-4-5-14(18)13(15)9-17/h4-8H,9H2,1-3H3. The van der Waals surface area contributed by atoms with Crippen LogP contribution >= 0.6 is 23.2 Å². The van der Waals surface area contributed by atoms with Crippen molar-refractivity contribution in [3.05, 3.63) is 57.6 Å². The fourth-order valence-electron chi connectivity index (χ4n) is 1.96. The zero-order chi connectivity index (χ0) is 14.0. The number of aryl methyl sites for hydroxylation is 2. The average Bonchev–Trinajstić information content (AvgIpc) is 2.39. The van der Waals surface area contributed by atoms with Crippen LogP contribution in [0.25, 0.3) is 0 Å². The largest absolute Gasteiger partial charge is 0.456 e. The highest BCUT2D eigenvalue weighted by Crippen LogP contribution is 2.35. The molecule has 0 atom stereocenters. The minimum absolute atomic E-state index is 0.332. The minimum Gasteiger partial charge on any atom is -0.456 e. The van der Waals surface area contributed by atoms with E-state index in [0.717, 1.165) is 28.2 Å². The predicted octanol–water partition coefficient (Wildman–Crippen LogP) is 5.80. The molecule has 0 aliphatic rings. The Bertz CT molecular complexity index is 606. The van der Waals surface area contributed by atoms with Gasteiger partial charge in [0, 0.05) is 10.6 Å². The van der Waals surface area contributed by atoms with E-state index in [9.17, 15) is 0 Å². The van der Waals surface area contributed by atoms with Crippen LogP contribution in [0.15, 0.2) is 30.3 Å². The van der Waals surface area contributed by atoms with Crippen molar-refractivity contribution in [3.8, 4) is 11.5 Å². The summed E-state index contributed by atoms with van der Waals surface area (Å²) in [6, 6.07) is 9.74. The summed E-state index contributed by atoms with van der Waals surface area (Å²) in [6.45, 7) is 6.16. The van der Waals surface area contributed by atoms with Crippen molar-refractivity contribution < 1.29 is 4.74 Å². The van der Waals surface area contributed by atoms with Crippen molar-refractivity contribution in [2.45, 2.75) is 26.7 Å². The molecule has 0 aliphatic heterocycles. The third kappa shape index (κ3) is 2.88. The summed E-state index contributed by atoms with van der Waals surface area (Å²) >= 11 is 12.1. The molecule has 0 spiro atoms. The maximum Gasteiger partial charge on any atom is 0.133 e. The van der Waals surface area contributed by atoms with Crippen LogP contribution in [0.2, 0.25) is 5.02 Å². The van der Waals surface area contributed by atoms with Gasteiger partial charge < -0.3 is 4.74 Å². The maximum absolute atomic E-state index is 6.14. The molecule has 0 saturated carbocycles. The number of benzene rings is 2. The molecule has 0 heterocycles. The van der Waals surface area contributed by atoms with Gasteiger partial charge in [0.25, 0.3) is 0 Å². The van der Waals surface area contributed by atoms with Crippen LogP contribution in [0.1, 0.15) is 22.3 Å². The van der Waals surface area contributed by atoms with Gasteiger partial charge in [-0.3, -0.25) is 0 Å². The fourth-order valence-corrected chi connectivity index (χ4v) is 2.53. The average molecular weight is 295 g/mol. The van der Waals surface area contributed by atoms with Gasteiger partial charge >= 0.3 is 0 Å². The molecule has 100 valence electrons. The Balaban J connectivity index is 2.48. The van der Waals surface area contributed by atoms with Gasteiger partial charge in [-0.05, 0) is 49.6 Å². The first-order valence-corrected chi connectivity index (χ1v) is 7.04. The number of ether oxygens (including phenoxy) is 1. The molecule has 0 aromatic heterocycles. The molecule has 0 unspecified atom stereocenters. The molecule has 0 amide bonds. The summed E-state index contributed by atoms with van der Waals surface area (Å²) in [4.78, 5) is 0. The number of alkyl halides is 1. The highest BCUT2D eigenvalue weighted by atomic mass is 35.5. The normalized spacial score (nSPS) is 10.6. The first-order chi connectivity index (χ1) is 9.04. The van der Waals surface area contributed by atoms with Crippen LogP contribution in [0.4, 0.5) is 0 Å². The second-order valence-corrected chi connectivity index (χ2v) is 5.28. The molecular weight excluding hydrogens is 279 g/mol. The van der Waals surface area contributed by atoms with Crippen molar-refractivity contribution in [1.29, 1.82) is 0 Å². The molecular formula is C16H16Cl2O. The molecule has 3 heteroatoms. The minimum atomic E-state index is 0.332. The zero-order valence-corrected chi connectivity index (χ0v) is 12.8. The quantitative estimate of drug-likeness (QED) is 0.650. The van der Waals surface area contributed by atoms with E-state index < -0.39 is 0 Å². The van der Waals surface area contributed by atoms with E-state index in [1.165, 1.54) is 5.56 Å². The van der Waals surface area contributed by atoms with Gasteiger partial charge in [-0.1, -0.05) is 29.8 Å². The fraction of sp³-hybridized carbons (Fsp3) is 0.250. The lowest BCUT2D eigenvalue weighted by Gasteiger charge is -2.16. The molecule has 0 fully saturated rings. The van der Waals surface area contributed by atoms with Crippen molar-refractivity contribution in [1.82, 2.24) is 0 Å². The third-order valence-corrected chi connectivity index (χ3v) is 3.92. The predicted molar refractivity (Wildman–Crippen MR) is 81.7 cm³/mol. The maximum atomic E-state index is 6.14. The number of halogens is 2. The van der Waals surface area contributed by atoms with Gasteiger partial charge in [0.05, 0.1) is 5.88 Å². The molecule has 2 aromatic rings. The van der Waals surface area contributed by atoms with Gasteiger partial charge in [0.2, 0.25) is 0 Å². The van der Waals surface area contributed by atoms with E-state index in [2.05, 4.69) is 26.0 Å². The summed E-state index contributed by atoms with van der Waals surface area (Å²) in [5, 5.41) is 0.635. The van der Waals surface area contributed by atoms with Crippen LogP contribution < -0.4 is 4.74 Å². The summed E-state index contributed by atoms with van der Waals surface area (Å²) in [6.07, 6.45) is 0. The topological polar surface area (TPSA) is 9.23 Å². The zero-order valence-electron chi connectivity index (χ0n) is 11.3. The number of hydrogen-bond donors (Lipinski definition) is 0. The monoisotopic (exact) mass is 294 g/mol. The molecule has 0 N–H and O–H groups in total. The second-order valence-electron chi connectivity index (χ2n) is 4.61. The molecule has 0 radical (unpaired) electrons. The number of hydrogen-bond acceptors (Lipinski definition) is 1. The molecule has 2 rings (SSSR count). The van der Waals surface area contributed by atoms with Crippen molar-refractivity contribution in [2.24, 2.45) is 0 Å². The smallest absolute Gasteiger partial charge is 0.133 e. The van der Waals surface area contributed by atoms with Crippen molar-refractivity contribution in [2.75, 3.05) is 0 Å². The molecule has 0 saturated heterocycles. The van der Waals surface area contributed by atoms with Crippen LogP contribution in [-0.2, 0) is 5.88 Å². The van der Waals surface area contributed by atoms with Gasteiger partial charge in [0.1, 0.15) is 11.5 Å². The Morgan fingerprint density at radius 3 is 2.37 bits per heavy atom. The summed E-state index contributed by atoms with van der Waals surface area (Å²) in [5.74, 6) is 1.94. The second kappa shape index (κ2) is 5.85. The Morgan fingerprint density at radius 2 is 1.68 bits per heavy atom. The van der Waals surface area contributed by atoms with Gasteiger partial charge in [-0.2, -0.15) is 0 Å². The Hall–Kier alpha value is -1.18.